The Hall–Kier alpha value is -7.91. The van der Waals surface area contributed by atoms with Gasteiger partial charge >= 0.3 is 5.97 Å². The summed E-state index contributed by atoms with van der Waals surface area (Å²) in [6.45, 7) is 9.76. The summed E-state index contributed by atoms with van der Waals surface area (Å²) >= 11 is 3.58. The number of carbonyl (C=O) groups is 7. The van der Waals surface area contributed by atoms with Crippen molar-refractivity contribution in [2.45, 2.75) is 94.5 Å². The molecular weight excluding hydrogens is 1560 g/mol. The Morgan fingerprint density at radius 2 is 1.12 bits per heavy atom. The number of fused-ring (bicyclic) bond motifs is 3. The minimum absolute atomic E-state index is 0.0214. The standard InChI is InChI=1S/C76H110BrN11O26/c1-88(2,48-52-9-7-51(8-10-52)47-86-67-55-13-12-54(74(99)100)45-57(55)83-71(79)66(67)85-76(86)77)49-53-11-14-60(113-75-70(96)69(95)68(94)61(50-89)114-75)58(44-53)82-63(91)17-20-81-72(97)56(84-73(98)59(46-78)87-64(92)15-16-65(87)93)6-4-5-19-80-62(90)18-21-102-24-25-104-28-29-106-32-33-108-36-37-110-40-41-112-43-42-111-39-38-109-35-34-107-31-30-105-27-26-103-23-22-101-3/h7-16,44-45,56,59,61,68-70,75,89,94-96H,4-6,17-43,46-50,78H2,1-3H3,(H6-,79,80,81,82,83,84,90,91,97,98,99,100)/p+1/t56?,59-,61?,68+,69?,70?,75-/m0/s1. The van der Waals surface area contributed by atoms with Crippen LogP contribution in [0.3, 0.4) is 0 Å². The summed E-state index contributed by atoms with van der Waals surface area (Å²) in [5.41, 5.74) is 16.6. The smallest absolute Gasteiger partial charge is 0.335 e. The predicted octanol–water partition coefficient (Wildman–Crippen LogP) is 0.318. The number of nitrogens with two attached hydrogens (primary N) is 2. The average molecular weight is 1670 g/mol. The number of carboxylic acids is 1. The molecule has 37 nitrogen and oxygen atoms in total. The zero-order valence-electron chi connectivity index (χ0n) is 64.8. The van der Waals surface area contributed by atoms with Gasteiger partial charge in [-0.25, -0.2) is 14.8 Å². The van der Waals surface area contributed by atoms with Crippen molar-refractivity contribution in [3.05, 3.63) is 99.8 Å². The summed E-state index contributed by atoms with van der Waals surface area (Å²) in [4.78, 5) is 101. The number of halogens is 1. The summed E-state index contributed by atoms with van der Waals surface area (Å²) in [6.07, 6.45) is -5.75. The number of aromatic nitrogens is 3. The fourth-order valence-electron chi connectivity index (χ4n) is 11.9. The van der Waals surface area contributed by atoms with Crippen LogP contribution in [0.25, 0.3) is 21.9 Å². The number of hydrogen-bond donors (Lipinski definition) is 11. The number of hydrogen-bond acceptors (Lipinski definition) is 29. The van der Waals surface area contributed by atoms with Crippen molar-refractivity contribution in [3.63, 3.8) is 0 Å². The lowest BCUT2D eigenvalue weighted by Gasteiger charge is -2.39. The molecule has 0 bridgehead atoms. The Morgan fingerprint density at radius 1 is 0.605 bits per heavy atom. The molecule has 6 amide bonds. The van der Waals surface area contributed by atoms with E-state index in [1.165, 1.54) is 18.2 Å². The van der Waals surface area contributed by atoms with Crippen LogP contribution < -0.4 is 37.5 Å². The number of methoxy groups -OCH3 is 1. The number of amides is 6. The van der Waals surface area contributed by atoms with Gasteiger partial charge in [-0.3, -0.25) is 33.7 Å². The quantitative estimate of drug-likeness (QED) is 0.0142. The van der Waals surface area contributed by atoms with Gasteiger partial charge in [0, 0.05) is 68.3 Å². The highest BCUT2D eigenvalue weighted by Gasteiger charge is 2.45. The van der Waals surface area contributed by atoms with Crippen LogP contribution in [-0.2, 0) is 110 Å². The number of unbranched alkanes of at least 4 members (excludes halogenated alkanes) is 1. The first-order valence-electron chi connectivity index (χ1n) is 37.8. The zero-order chi connectivity index (χ0) is 82.0. The minimum Gasteiger partial charge on any atom is -0.478 e. The SMILES string of the molecule is COCCOCCOCCOCCOCCOCCOCCOCCOCCOCCOCCOCCC(=O)NCCCCC(NC(=O)[C@H](CN)N1C(=O)C=CC1=O)C(=O)NCCC(=O)Nc1cc(C[N+](C)(C)Cc2ccc(Cn3c(Br)nc4c(N)nc5cc(C(=O)O)ccc5c43)cc2)ccc1O[C@H]1OC(CO)[C@@H](O)C(O)C1O. The van der Waals surface area contributed by atoms with E-state index >= 15 is 0 Å². The van der Waals surface area contributed by atoms with Crippen LogP contribution in [0.15, 0.2) is 77.5 Å². The van der Waals surface area contributed by atoms with Crippen LogP contribution in [0, 0.1) is 0 Å². The maximum Gasteiger partial charge on any atom is 0.335 e. The van der Waals surface area contributed by atoms with Crippen LogP contribution in [0.1, 0.15) is 59.2 Å². The predicted molar refractivity (Wildman–Crippen MR) is 414 cm³/mol. The van der Waals surface area contributed by atoms with Gasteiger partial charge in [0.2, 0.25) is 29.9 Å². The molecule has 38 heteroatoms. The normalized spacial score (nSPS) is 16.9. The molecule has 0 saturated carbocycles. The molecule has 632 valence electrons. The molecule has 0 aliphatic carbocycles. The van der Waals surface area contributed by atoms with Crippen molar-refractivity contribution in [1.82, 2.24) is 35.4 Å². The summed E-state index contributed by atoms with van der Waals surface area (Å²) in [7, 11) is 5.65. The van der Waals surface area contributed by atoms with Crippen LogP contribution >= 0.6 is 15.9 Å². The van der Waals surface area contributed by atoms with E-state index in [2.05, 4.69) is 47.2 Å². The molecule has 0 spiro atoms. The van der Waals surface area contributed by atoms with E-state index in [0.717, 1.165) is 23.3 Å². The molecule has 2 aliphatic rings. The number of nitrogens with zero attached hydrogens (tertiary/aromatic N) is 5. The van der Waals surface area contributed by atoms with E-state index in [0.29, 0.717) is 206 Å². The van der Waals surface area contributed by atoms with Crippen molar-refractivity contribution in [1.29, 1.82) is 0 Å². The Bertz CT molecular complexity index is 3800. The number of carbonyl (C=O) groups excluding carboxylic acids is 6. The summed E-state index contributed by atoms with van der Waals surface area (Å²) in [6, 6.07) is 14.9. The summed E-state index contributed by atoms with van der Waals surface area (Å²) in [5.74, 6) is -4.98. The number of aliphatic hydroxyl groups is 4. The lowest BCUT2D eigenvalue weighted by molar-refractivity contribution is -0.916. The summed E-state index contributed by atoms with van der Waals surface area (Å²) < 4.78 is 79.9. The monoisotopic (exact) mass is 1670 g/mol. The number of rotatable bonds is 60. The Labute approximate surface area is 669 Å². The Balaban J connectivity index is 0.787. The Morgan fingerprint density at radius 3 is 1.65 bits per heavy atom. The number of ether oxygens (including phenoxy) is 14. The second-order valence-corrected chi connectivity index (χ2v) is 27.7. The van der Waals surface area contributed by atoms with Crippen LogP contribution in [0.5, 0.6) is 5.75 Å². The van der Waals surface area contributed by atoms with Gasteiger partial charge in [-0.1, -0.05) is 24.3 Å². The molecule has 13 N–H and O–H groups in total. The number of nitrogen functional groups attached to an aromatic ring is 1. The number of benzene rings is 3. The third-order valence-corrected chi connectivity index (χ3v) is 18.3. The highest BCUT2D eigenvalue weighted by Crippen LogP contribution is 2.34. The molecule has 7 rings (SSSR count). The zero-order valence-corrected chi connectivity index (χ0v) is 66.4. The molecule has 4 unspecified atom stereocenters. The maximum absolute atomic E-state index is 14.0. The first-order chi connectivity index (χ1) is 55.1. The largest absolute Gasteiger partial charge is 0.478 e. The van der Waals surface area contributed by atoms with Crippen molar-refractivity contribution in [2.24, 2.45) is 5.73 Å². The van der Waals surface area contributed by atoms with Crippen LogP contribution in [0.2, 0.25) is 0 Å². The van der Waals surface area contributed by atoms with E-state index in [1.54, 1.807) is 25.3 Å². The molecule has 5 aromatic rings. The molecule has 1 fully saturated rings. The molecular formula is C76H111BrN11O26+. The second kappa shape index (κ2) is 51.2. The average Bonchev–Trinajstić information content (AvgIpc) is 1.56. The van der Waals surface area contributed by atoms with E-state index in [9.17, 15) is 59.1 Å². The third-order valence-electron chi connectivity index (χ3n) is 17.7. The number of anilines is 2. The first-order valence-corrected chi connectivity index (χ1v) is 38.6. The number of aromatic carboxylic acids is 1. The number of nitrogens with one attached hydrogen (secondary N) is 4. The van der Waals surface area contributed by atoms with Gasteiger partial charge in [-0.05, 0) is 77.2 Å². The number of quaternary nitrogens is 1. The molecule has 114 heavy (non-hydrogen) atoms. The Kier molecular flexibility index (Phi) is 41.9. The van der Waals surface area contributed by atoms with Gasteiger partial charge in [0.1, 0.15) is 60.9 Å². The highest BCUT2D eigenvalue weighted by atomic mass is 79.9. The fourth-order valence-corrected chi connectivity index (χ4v) is 12.4. The lowest BCUT2D eigenvalue weighted by Crippen LogP contribution is -2.60. The van der Waals surface area contributed by atoms with Crippen molar-refractivity contribution in [3.8, 4) is 5.75 Å². The number of aliphatic hydroxyl groups excluding tert-OH is 4. The van der Waals surface area contributed by atoms with Crippen LogP contribution in [0.4, 0.5) is 11.5 Å². The number of imide groups is 1. The van der Waals surface area contributed by atoms with E-state index < -0.39 is 91.4 Å². The second-order valence-electron chi connectivity index (χ2n) is 27.0. The lowest BCUT2D eigenvalue weighted by atomic mass is 9.99. The minimum atomic E-state index is -1.79. The number of pyridine rings is 1. The molecule has 2 aliphatic heterocycles. The molecule has 4 heterocycles. The van der Waals surface area contributed by atoms with E-state index in [4.69, 9.17) is 77.8 Å². The van der Waals surface area contributed by atoms with Gasteiger partial charge < -0.3 is 134 Å². The maximum atomic E-state index is 14.0. The van der Waals surface area contributed by atoms with E-state index in [1.807, 2.05) is 42.9 Å². The third kappa shape index (κ3) is 31.9. The number of carboxylic acid groups (broad SMARTS) is 1. The van der Waals surface area contributed by atoms with Gasteiger partial charge in [0.15, 0.2) is 10.6 Å². The van der Waals surface area contributed by atoms with Gasteiger partial charge in [-0.15, -0.1) is 0 Å². The molecule has 3 aromatic carbocycles. The van der Waals surface area contributed by atoms with Crippen molar-refractivity contribution >= 4 is 90.8 Å². The molecule has 7 atom stereocenters. The van der Waals surface area contributed by atoms with Crippen molar-refractivity contribution in [2.75, 3.05) is 210 Å². The molecule has 2 aromatic heterocycles. The topological polar surface area (TPSA) is 484 Å². The molecule has 1 saturated heterocycles. The van der Waals surface area contributed by atoms with E-state index in [-0.39, 0.29) is 80.9 Å². The molecule has 0 radical (unpaired) electrons. The van der Waals surface area contributed by atoms with Crippen LogP contribution in [-0.4, -0.2) is 333 Å². The summed E-state index contributed by atoms with van der Waals surface area (Å²) in [5, 5.41) is 63.1. The fraction of sp³-hybridized carbons (Fsp3) is 0.592. The van der Waals surface area contributed by atoms with Gasteiger partial charge in [0.05, 0.1) is 201 Å². The van der Waals surface area contributed by atoms with Crippen molar-refractivity contribution < 1.29 is 130 Å². The van der Waals surface area contributed by atoms with Gasteiger partial charge in [0.25, 0.3) is 11.8 Å². The number of imidazole rings is 1. The highest BCUT2D eigenvalue weighted by molar-refractivity contribution is 9.10. The first kappa shape index (κ1) is 93.3. The van der Waals surface area contributed by atoms with Gasteiger partial charge in [-0.2, -0.15) is 0 Å².